The Labute approximate surface area is 116 Å². The summed E-state index contributed by atoms with van der Waals surface area (Å²) in [6.45, 7) is 0. The molecule has 0 radical (unpaired) electrons. The molecule has 0 spiro atoms. The number of amides is 1. The van der Waals surface area contributed by atoms with Gasteiger partial charge in [-0.1, -0.05) is 40.9 Å². The minimum absolute atomic E-state index is 0.0109. The van der Waals surface area contributed by atoms with E-state index in [0.717, 1.165) is 35.7 Å². The molecule has 1 aromatic carbocycles. The lowest BCUT2D eigenvalue weighted by atomic mass is 9.92. The quantitative estimate of drug-likeness (QED) is 0.900. The maximum Gasteiger partial charge on any atom is 0.224 e. The zero-order chi connectivity index (χ0) is 13.0. The Balaban J connectivity index is 1.86. The predicted octanol–water partition coefficient (Wildman–Crippen LogP) is 2.41. The van der Waals surface area contributed by atoms with Crippen LogP contribution in [0.4, 0.5) is 0 Å². The Morgan fingerprint density at radius 3 is 2.61 bits per heavy atom. The molecule has 0 heterocycles. The van der Waals surface area contributed by atoms with Crippen LogP contribution < -0.4 is 5.32 Å². The van der Waals surface area contributed by atoms with Crippen LogP contribution >= 0.6 is 15.9 Å². The van der Waals surface area contributed by atoms with Gasteiger partial charge in [0.2, 0.25) is 5.91 Å². The number of nitrogens with one attached hydrogen (secondary N) is 1. The van der Waals surface area contributed by atoms with Crippen LogP contribution in [0.15, 0.2) is 28.7 Å². The third-order valence-corrected chi connectivity index (χ3v) is 3.88. The second-order valence-corrected chi connectivity index (χ2v) is 5.74. The van der Waals surface area contributed by atoms with Gasteiger partial charge in [0.25, 0.3) is 0 Å². The van der Waals surface area contributed by atoms with Crippen LogP contribution in [-0.4, -0.2) is 23.2 Å². The van der Waals surface area contributed by atoms with Crippen LogP contribution in [0, 0.1) is 0 Å². The van der Waals surface area contributed by atoms with Crippen molar-refractivity contribution in [1.82, 2.24) is 5.32 Å². The minimum Gasteiger partial charge on any atom is -0.391 e. The highest BCUT2D eigenvalue weighted by Gasteiger charge is 2.24. The van der Waals surface area contributed by atoms with E-state index in [4.69, 9.17) is 0 Å². The van der Waals surface area contributed by atoms with E-state index in [0.29, 0.717) is 6.42 Å². The molecule has 0 unspecified atom stereocenters. The van der Waals surface area contributed by atoms with E-state index in [-0.39, 0.29) is 18.1 Å². The number of carbonyl (C=O) groups excluding carboxylic acids is 1. The summed E-state index contributed by atoms with van der Waals surface area (Å²) in [6.07, 6.45) is 3.81. The highest BCUT2D eigenvalue weighted by atomic mass is 79.9. The molecule has 3 nitrogen and oxygen atoms in total. The molecule has 1 aromatic rings. The maximum absolute atomic E-state index is 11.9. The summed E-state index contributed by atoms with van der Waals surface area (Å²) in [4.78, 5) is 11.9. The van der Waals surface area contributed by atoms with E-state index in [9.17, 15) is 9.90 Å². The van der Waals surface area contributed by atoms with Crippen molar-refractivity contribution in [2.45, 2.75) is 44.2 Å². The summed E-state index contributed by atoms with van der Waals surface area (Å²) < 4.78 is 1.01. The molecule has 0 bridgehead atoms. The predicted molar refractivity (Wildman–Crippen MR) is 74.3 cm³/mol. The van der Waals surface area contributed by atoms with Gasteiger partial charge in [-0.15, -0.1) is 0 Å². The summed E-state index contributed by atoms with van der Waals surface area (Å²) in [5, 5.41) is 12.7. The molecule has 18 heavy (non-hydrogen) atoms. The number of carbonyl (C=O) groups is 1. The van der Waals surface area contributed by atoms with Crippen molar-refractivity contribution in [3.05, 3.63) is 34.3 Å². The van der Waals surface area contributed by atoms with Crippen molar-refractivity contribution < 1.29 is 9.90 Å². The first-order valence-corrected chi connectivity index (χ1v) is 7.16. The Morgan fingerprint density at radius 2 is 1.94 bits per heavy atom. The molecule has 2 rings (SSSR count). The zero-order valence-electron chi connectivity index (χ0n) is 10.2. The lowest BCUT2D eigenvalue weighted by Gasteiger charge is -2.28. The summed E-state index contributed by atoms with van der Waals surface area (Å²) >= 11 is 3.37. The van der Waals surface area contributed by atoms with Gasteiger partial charge < -0.3 is 10.4 Å². The highest BCUT2D eigenvalue weighted by molar-refractivity contribution is 9.10. The monoisotopic (exact) mass is 311 g/mol. The fraction of sp³-hybridized carbons (Fsp3) is 0.500. The first-order valence-electron chi connectivity index (χ1n) is 6.37. The number of aliphatic hydroxyl groups is 1. The molecule has 4 heteroatoms. The molecule has 0 aliphatic heterocycles. The molecule has 98 valence electrons. The van der Waals surface area contributed by atoms with E-state index < -0.39 is 0 Å². The number of halogens is 1. The smallest absolute Gasteiger partial charge is 0.224 e. The molecule has 1 aliphatic rings. The molecule has 0 aromatic heterocycles. The van der Waals surface area contributed by atoms with Gasteiger partial charge in [0.15, 0.2) is 0 Å². The molecule has 1 saturated carbocycles. The Morgan fingerprint density at radius 1 is 1.28 bits per heavy atom. The van der Waals surface area contributed by atoms with Gasteiger partial charge >= 0.3 is 0 Å². The molecular formula is C14H18BrNO2. The van der Waals surface area contributed by atoms with E-state index in [2.05, 4.69) is 21.2 Å². The van der Waals surface area contributed by atoms with Gasteiger partial charge in [0, 0.05) is 4.47 Å². The Bertz CT molecular complexity index is 405. The average Bonchev–Trinajstić information content (AvgIpc) is 2.35. The van der Waals surface area contributed by atoms with Crippen LogP contribution in [-0.2, 0) is 11.2 Å². The topological polar surface area (TPSA) is 49.3 Å². The fourth-order valence-electron chi connectivity index (χ4n) is 2.33. The number of benzene rings is 1. The number of hydrogen-bond acceptors (Lipinski definition) is 2. The molecule has 2 atom stereocenters. The van der Waals surface area contributed by atoms with Crippen molar-refractivity contribution in [2.24, 2.45) is 0 Å². The average molecular weight is 312 g/mol. The normalized spacial score (nSPS) is 23.7. The second-order valence-electron chi connectivity index (χ2n) is 4.83. The third kappa shape index (κ3) is 3.82. The van der Waals surface area contributed by atoms with Crippen molar-refractivity contribution in [2.75, 3.05) is 0 Å². The molecule has 2 N–H and O–H groups in total. The van der Waals surface area contributed by atoms with Gasteiger partial charge in [0.05, 0.1) is 18.6 Å². The SMILES string of the molecule is O=C(Cc1ccc(Br)cc1)N[C@H]1CCCC[C@@H]1O. The summed E-state index contributed by atoms with van der Waals surface area (Å²) in [6, 6.07) is 7.65. The number of rotatable bonds is 3. The minimum atomic E-state index is -0.382. The fourth-order valence-corrected chi connectivity index (χ4v) is 2.59. The van der Waals surface area contributed by atoms with Gasteiger partial charge in [-0.25, -0.2) is 0 Å². The summed E-state index contributed by atoms with van der Waals surface area (Å²) in [5.74, 6) is -0.0109. The van der Waals surface area contributed by atoms with Crippen molar-refractivity contribution in [3.8, 4) is 0 Å². The van der Waals surface area contributed by atoms with Crippen LogP contribution in [0.2, 0.25) is 0 Å². The maximum atomic E-state index is 11.9. The van der Waals surface area contributed by atoms with Crippen LogP contribution in [0.5, 0.6) is 0 Å². The number of aliphatic hydroxyl groups excluding tert-OH is 1. The molecule has 0 saturated heterocycles. The van der Waals surface area contributed by atoms with Crippen molar-refractivity contribution >= 4 is 21.8 Å². The van der Waals surface area contributed by atoms with E-state index in [1.807, 2.05) is 24.3 Å². The lowest BCUT2D eigenvalue weighted by molar-refractivity contribution is -0.122. The van der Waals surface area contributed by atoms with E-state index >= 15 is 0 Å². The Kier molecular flexibility index (Phi) is 4.78. The number of hydrogen-bond donors (Lipinski definition) is 2. The van der Waals surface area contributed by atoms with Crippen LogP contribution in [0.1, 0.15) is 31.2 Å². The first-order chi connectivity index (χ1) is 8.65. The summed E-state index contributed by atoms with van der Waals surface area (Å²) in [5.41, 5.74) is 0.987. The standard InChI is InChI=1S/C14H18BrNO2/c15-11-7-5-10(6-8-11)9-14(18)16-12-3-1-2-4-13(12)17/h5-8,12-13,17H,1-4,9H2,(H,16,18)/t12-,13-/m0/s1. The van der Waals surface area contributed by atoms with Gasteiger partial charge in [-0.2, -0.15) is 0 Å². The highest BCUT2D eigenvalue weighted by Crippen LogP contribution is 2.18. The molecule has 1 amide bonds. The van der Waals surface area contributed by atoms with E-state index in [1.54, 1.807) is 0 Å². The summed E-state index contributed by atoms with van der Waals surface area (Å²) in [7, 11) is 0. The van der Waals surface area contributed by atoms with Crippen LogP contribution in [0.25, 0.3) is 0 Å². The first kappa shape index (κ1) is 13.6. The van der Waals surface area contributed by atoms with Gasteiger partial charge in [-0.05, 0) is 30.5 Å². The van der Waals surface area contributed by atoms with Crippen molar-refractivity contribution in [1.29, 1.82) is 0 Å². The van der Waals surface area contributed by atoms with Crippen molar-refractivity contribution in [3.63, 3.8) is 0 Å². The van der Waals surface area contributed by atoms with E-state index in [1.165, 1.54) is 0 Å². The molecule has 1 aliphatic carbocycles. The zero-order valence-corrected chi connectivity index (χ0v) is 11.8. The lowest BCUT2D eigenvalue weighted by Crippen LogP contribution is -2.45. The molecule has 1 fully saturated rings. The molecular weight excluding hydrogens is 294 g/mol. The van der Waals surface area contributed by atoms with Crippen LogP contribution in [0.3, 0.4) is 0 Å². The van der Waals surface area contributed by atoms with Gasteiger partial charge in [-0.3, -0.25) is 4.79 Å². The van der Waals surface area contributed by atoms with Gasteiger partial charge in [0.1, 0.15) is 0 Å². The second kappa shape index (κ2) is 6.34. The third-order valence-electron chi connectivity index (χ3n) is 3.35. The Hall–Kier alpha value is -0.870. The largest absolute Gasteiger partial charge is 0.391 e.